The lowest BCUT2D eigenvalue weighted by Gasteiger charge is -2.11. The van der Waals surface area contributed by atoms with Crippen molar-refractivity contribution in [3.8, 4) is 5.75 Å². The van der Waals surface area contributed by atoms with Gasteiger partial charge in [0.1, 0.15) is 5.75 Å². The molecule has 0 saturated carbocycles. The van der Waals surface area contributed by atoms with E-state index >= 15 is 0 Å². The van der Waals surface area contributed by atoms with Crippen LogP contribution >= 0.6 is 23.1 Å². The average Bonchev–Trinajstić information content (AvgIpc) is 3.22. The van der Waals surface area contributed by atoms with E-state index in [9.17, 15) is 9.59 Å². The van der Waals surface area contributed by atoms with Gasteiger partial charge in [-0.25, -0.2) is 4.98 Å². The molecule has 0 unspecified atom stereocenters. The Balaban J connectivity index is 1.35. The quantitative estimate of drug-likeness (QED) is 0.387. The number of thiazole rings is 1. The van der Waals surface area contributed by atoms with E-state index in [-0.39, 0.29) is 11.5 Å². The summed E-state index contributed by atoms with van der Waals surface area (Å²) in [6.45, 7) is 0. The monoisotopic (exact) mass is 477 g/mol. The van der Waals surface area contributed by atoms with Crippen molar-refractivity contribution in [2.24, 2.45) is 0 Å². The number of para-hydroxylation sites is 1. The molecule has 0 aliphatic heterocycles. The third-order valence-electron chi connectivity index (χ3n) is 5.66. The third kappa shape index (κ3) is 4.54. The van der Waals surface area contributed by atoms with Crippen molar-refractivity contribution < 1.29 is 9.53 Å². The molecule has 8 heteroatoms. The Hall–Kier alpha value is -3.10. The van der Waals surface area contributed by atoms with Crippen molar-refractivity contribution in [2.45, 2.75) is 36.3 Å². The summed E-state index contributed by atoms with van der Waals surface area (Å²) in [5.74, 6) is 0.970. The molecule has 2 aromatic heterocycles. The van der Waals surface area contributed by atoms with Gasteiger partial charge in [0.15, 0.2) is 4.96 Å². The van der Waals surface area contributed by atoms with Crippen LogP contribution in [0.4, 0.5) is 5.69 Å². The molecule has 0 fully saturated rings. The van der Waals surface area contributed by atoms with E-state index in [4.69, 9.17) is 9.72 Å². The number of methoxy groups -OCH3 is 1. The minimum absolute atomic E-state index is 0.00499. The van der Waals surface area contributed by atoms with Crippen LogP contribution in [-0.4, -0.2) is 22.4 Å². The third-order valence-corrected chi connectivity index (χ3v) is 7.91. The summed E-state index contributed by atoms with van der Waals surface area (Å²) in [5, 5.41) is 2.99. The standard InChI is InChI=1S/C25H23N3O3S2/c1-31-18-8-6-7-16(13-18)24(30)27-19-9-2-4-11-21(19)32-15-17-14-23(29)28-20-10-3-5-12-22(20)33-25(28)26-17/h2,4,6-9,11,13-14H,3,5,10,12,15H2,1H3,(H,27,30). The van der Waals surface area contributed by atoms with E-state index in [0.29, 0.717) is 17.1 Å². The zero-order chi connectivity index (χ0) is 22.8. The molecule has 1 N–H and O–H groups in total. The molecule has 5 rings (SSSR count). The van der Waals surface area contributed by atoms with Gasteiger partial charge >= 0.3 is 0 Å². The van der Waals surface area contributed by atoms with E-state index in [0.717, 1.165) is 46.2 Å². The van der Waals surface area contributed by atoms with Crippen LogP contribution in [0, 0.1) is 0 Å². The normalized spacial score (nSPS) is 13.0. The molecular formula is C25H23N3O3S2. The fourth-order valence-electron chi connectivity index (χ4n) is 4.02. The van der Waals surface area contributed by atoms with Gasteiger partial charge in [-0.15, -0.1) is 23.1 Å². The fourth-order valence-corrected chi connectivity index (χ4v) is 6.15. The maximum Gasteiger partial charge on any atom is 0.259 e. The highest BCUT2D eigenvalue weighted by molar-refractivity contribution is 7.98. The van der Waals surface area contributed by atoms with Crippen LogP contribution in [0.5, 0.6) is 5.75 Å². The van der Waals surface area contributed by atoms with Gasteiger partial charge in [0.25, 0.3) is 11.5 Å². The number of aromatic nitrogens is 2. The molecule has 0 atom stereocenters. The van der Waals surface area contributed by atoms with E-state index in [1.165, 1.54) is 11.3 Å². The maximum atomic E-state index is 12.8. The van der Waals surface area contributed by atoms with Gasteiger partial charge in [-0.3, -0.25) is 14.0 Å². The second-order valence-corrected chi connectivity index (χ2v) is 9.93. The lowest BCUT2D eigenvalue weighted by Crippen LogP contribution is -2.17. The fraction of sp³-hybridized carbons (Fsp3) is 0.240. The van der Waals surface area contributed by atoms with Crippen molar-refractivity contribution in [1.82, 2.24) is 9.38 Å². The molecule has 1 aliphatic rings. The van der Waals surface area contributed by atoms with Gasteiger partial charge in [-0.05, 0) is 56.0 Å². The summed E-state index contributed by atoms with van der Waals surface area (Å²) >= 11 is 3.19. The number of rotatable bonds is 6. The molecule has 2 aromatic carbocycles. The predicted molar refractivity (Wildman–Crippen MR) is 133 cm³/mol. The van der Waals surface area contributed by atoms with Crippen LogP contribution in [0.2, 0.25) is 0 Å². The molecule has 0 bridgehead atoms. The highest BCUT2D eigenvalue weighted by Gasteiger charge is 2.18. The minimum Gasteiger partial charge on any atom is -0.497 e. The molecule has 168 valence electrons. The first kappa shape index (κ1) is 21.7. The number of hydrogen-bond acceptors (Lipinski definition) is 6. The van der Waals surface area contributed by atoms with Crippen molar-refractivity contribution in [3.63, 3.8) is 0 Å². The minimum atomic E-state index is -0.205. The molecular weight excluding hydrogens is 454 g/mol. The number of nitrogens with zero attached hydrogens (tertiary/aromatic N) is 2. The van der Waals surface area contributed by atoms with E-state index in [2.05, 4.69) is 5.32 Å². The molecule has 0 spiro atoms. The van der Waals surface area contributed by atoms with Crippen LogP contribution in [0.15, 0.2) is 64.3 Å². The SMILES string of the molecule is COc1cccc(C(=O)Nc2ccccc2SCc2cc(=O)n3c4c(sc3n2)CCCC4)c1. The first-order valence-corrected chi connectivity index (χ1v) is 12.6. The number of hydrogen-bond donors (Lipinski definition) is 1. The molecule has 1 aliphatic carbocycles. The molecule has 33 heavy (non-hydrogen) atoms. The number of fused-ring (bicyclic) bond motifs is 3. The van der Waals surface area contributed by atoms with E-state index < -0.39 is 0 Å². The summed E-state index contributed by atoms with van der Waals surface area (Å²) in [6, 6.07) is 16.3. The van der Waals surface area contributed by atoms with Crippen LogP contribution in [-0.2, 0) is 18.6 Å². The summed E-state index contributed by atoms with van der Waals surface area (Å²) < 4.78 is 7.00. The van der Waals surface area contributed by atoms with Gasteiger partial charge in [0.2, 0.25) is 0 Å². The Morgan fingerprint density at radius 2 is 2.00 bits per heavy atom. The van der Waals surface area contributed by atoms with E-state index in [1.54, 1.807) is 64.9 Å². The lowest BCUT2D eigenvalue weighted by molar-refractivity contribution is 0.102. The number of thioether (sulfide) groups is 1. The van der Waals surface area contributed by atoms with Gasteiger partial charge < -0.3 is 10.1 Å². The number of nitrogens with one attached hydrogen (secondary N) is 1. The first-order valence-electron chi connectivity index (χ1n) is 10.8. The van der Waals surface area contributed by atoms with Crippen LogP contribution in [0.3, 0.4) is 0 Å². The molecule has 1 amide bonds. The Bertz CT molecular complexity index is 1390. The molecule has 0 saturated heterocycles. The van der Waals surface area contributed by atoms with Crippen molar-refractivity contribution in [3.05, 3.63) is 86.8 Å². The smallest absolute Gasteiger partial charge is 0.259 e. The number of benzene rings is 2. The number of ether oxygens (including phenoxy) is 1. The topological polar surface area (TPSA) is 72.7 Å². The van der Waals surface area contributed by atoms with Crippen LogP contribution < -0.4 is 15.6 Å². The van der Waals surface area contributed by atoms with Crippen LogP contribution in [0.1, 0.15) is 39.5 Å². The van der Waals surface area contributed by atoms with Gasteiger partial charge in [-0.2, -0.15) is 0 Å². The summed E-state index contributed by atoms with van der Waals surface area (Å²) in [4.78, 5) is 33.3. The van der Waals surface area contributed by atoms with Crippen molar-refractivity contribution >= 4 is 39.7 Å². The summed E-state index contributed by atoms with van der Waals surface area (Å²) in [7, 11) is 1.57. The Labute approximate surface area is 199 Å². The number of amides is 1. The zero-order valence-corrected chi connectivity index (χ0v) is 19.8. The Kier molecular flexibility index (Phi) is 6.20. The second-order valence-electron chi connectivity index (χ2n) is 7.85. The molecule has 6 nitrogen and oxygen atoms in total. The van der Waals surface area contributed by atoms with Crippen molar-refractivity contribution in [1.29, 1.82) is 0 Å². The highest BCUT2D eigenvalue weighted by Crippen LogP contribution is 2.31. The number of carbonyl (C=O) groups is 1. The summed E-state index contributed by atoms with van der Waals surface area (Å²) in [5.41, 5.74) is 3.13. The van der Waals surface area contributed by atoms with Gasteiger partial charge in [0, 0.05) is 32.8 Å². The molecule has 0 radical (unpaired) electrons. The van der Waals surface area contributed by atoms with Gasteiger partial charge in [-0.1, -0.05) is 18.2 Å². The zero-order valence-electron chi connectivity index (χ0n) is 18.2. The molecule has 4 aromatic rings. The maximum absolute atomic E-state index is 12.8. The van der Waals surface area contributed by atoms with Gasteiger partial charge in [0.05, 0.1) is 18.5 Å². The van der Waals surface area contributed by atoms with Crippen molar-refractivity contribution in [2.75, 3.05) is 12.4 Å². The highest BCUT2D eigenvalue weighted by atomic mass is 32.2. The second kappa shape index (κ2) is 9.41. The summed E-state index contributed by atoms with van der Waals surface area (Å²) in [6.07, 6.45) is 4.29. The predicted octanol–water partition coefficient (Wildman–Crippen LogP) is 5.19. The Morgan fingerprint density at radius 1 is 1.15 bits per heavy atom. The number of anilines is 1. The average molecular weight is 478 g/mol. The Morgan fingerprint density at radius 3 is 2.88 bits per heavy atom. The first-order chi connectivity index (χ1) is 16.1. The largest absolute Gasteiger partial charge is 0.497 e. The van der Waals surface area contributed by atoms with E-state index in [1.807, 2.05) is 24.3 Å². The molecule has 2 heterocycles. The number of carbonyl (C=O) groups excluding carboxylic acids is 1. The lowest BCUT2D eigenvalue weighted by atomic mass is 10.0. The number of aryl methyl sites for hydroxylation is 2. The van der Waals surface area contributed by atoms with Crippen LogP contribution in [0.25, 0.3) is 4.96 Å².